The van der Waals surface area contributed by atoms with Crippen LogP contribution in [-0.4, -0.2) is 26.7 Å². The molecule has 0 aliphatic rings. The van der Waals surface area contributed by atoms with E-state index >= 15 is 0 Å². The Labute approximate surface area is 98.7 Å². The molecule has 0 amide bonds. The smallest absolute Gasteiger partial charge is 0.123 e. The van der Waals surface area contributed by atoms with Gasteiger partial charge in [0.1, 0.15) is 5.82 Å². The van der Waals surface area contributed by atoms with Crippen molar-refractivity contribution in [3.8, 4) is 0 Å². The molecule has 2 rings (SSSR count). The molecular formula is C12H14FN3O. The number of aromatic nitrogens is 3. The Balaban J connectivity index is 2.16. The van der Waals surface area contributed by atoms with Crippen LogP contribution in [0.1, 0.15) is 16.8 Å². The zero-order valence-corrected chi connectivity index (χ0v) is 9.60. The van der Waals surface area contributed by atoms with Crippen molar-refractivity contribution in [2.75, 3.05) is 6.61 Å². The summed E-state index contributed by atoms with van der Waals surface area (Å²) >= 11 is 0. The monoisotopic (exact) mass is 235 g/mol. The highest BCUT2D eigenvalue weighted by molar-refractivity contribution is 5.26. The molecule has 1 aromatic carbocycles. The normalized spacial score (nSPS) is 10.8. The van der Waals surface area contributed by atoms with E-state index in [1.165, 1.54) is 12.1 Å². The zero-order chi connectivity index (χ0) is 12.3. The lowest BCUT2D eigenvalue weighted by Gasteiger charge is -2.05. The third-order valence-electron chi connectivity index (χ3n) is 2.60. The number of hydrogen-bond acceptors (Lipinski definition) is 3. The molecule has 2 aromatic rings. The Hall–Kier alpha value is -1.75. The molecule has 0 aliphatic carbocycles. The van der Waals surface area contributed by atoms with Crippen molar-refractivity contribution < 1.29 is 9.50 Å². The molecule has 1 aromatic heterocycles. The minimum atomic E-state index is -0.249. The minimum Gasteiger partial charge on any atom is -0.396 e. The summed E-state index contributed by atoms with van der Waals surface area (Å²) in [6.07, 6.45) is 2.25. The van der Waals surface area contributed by atoms with Gasteiger partial charge in [0.05, 0.1) is 12.2 Å². The maximum Gasteiger partial charge on any atom is 0.123 e. The van der Waals surface area contributed by atoms with E-state index in [0.717, 1.165) is 16.8 Å². The van der Waals surface area contributed by atoms with Crippen LogP contribution >= 0.6 is 0 Å². The van der Waals surface area contributed by atoms with E-state index in [9.17, 15) is 4.39 Å². The first-order chi connectivity index (χ1) is 8.19. The van der Waals surface area contributed by atoms with Gasteiger partial charge in [0, 0.05) is 19.2 Å². The lowest BCUT2D eigenvalue weighted by Crippen LogP contribution is -2.02. The highest BCUT2D eigenvalue weighted by Crippen LogP contribution is 2.11. The first-order valence-corrected chi connectivity index (χ1v) is 5.44. The Bertz CT molecular complexity index is 510. The SMILES string of the molecule is Cc1ccc(F)cc1Cn1cc(CCO)nn1. The molecule has 0 radical (unpaired) electrons. The van der Waals surface area contributed by atoms with Gasteiger partial charge in [-0.2, -0.15) is 0 Å². The summed E-state index contributed by atoms with van der Waals surface area (Å²) in [4.78, 5) is 0. The Morgan fingerprint density at radius 2 is 2.24 bits per heavy atom. The van der Waals surface area contributed by atoms with Crippen molar-refractivity contribution in [1.82, 2.24) is 15.0 Å². The van der Waals surface area contributed by atoms with E-state index in [2.05, 4.69) is 10.3 Å². The van der Waals surface area contributed by atoms with Crippen LogP contribution in [0, 0.1) is 12.7 Å². The second-order valence-corrected chi connectivity index (χ2v) is 3.95. The van der Waals surface area contributed by atoms with E-state index in [-0.39, 0.29) is 12.4 Å². The summed E-state index contributed by atoms with van der Waals surface area (Å²) in [6, 6.07) is 4.69. The summed E-state index contributed by atoms with van der Waals surface area (Å²) < 4.78 is 14.7. The second kappa shape index (κ2) is 5.05. The molecule has 17 heavy (non-hydrogen) atoms. The van der Waals surface area contributed by atoms with Crippen LogP contribution in [0.15, 0.2) is 24.4 Å². The molecule has 1 heterocycles. The number of halogens is 1. The Morgan fingerprint density at radius 3 is 3.00 bits per heavy atom. The zero-order valence-electron chi connectivity index (χ0n) is 9.60. The number of aliphatic hydroxyl groups is 1. The number of benzene rings is 1. The van der Waals surface area contributed by atoms with Crippen molar-refractivity contribution in [1.29, 1.82) is 0 Å². The van der Waals surface area contributed by atoms with E-state index in [1.807, 2.05) is 6.92 Å². The molecule has 5 heteroatoms. The van der Waals surface area contributed by atoms with E-state index < -0.39 is 0 Å². The molecule has 0 bridgehead atoms. The highest BCUT2D eigenvalue weighted by atomic mass is 19.1. The maximum atomic E-state index is 13.1. The standard InChI is InChI=1S/C12H14FN3O/c1-9-2-3-11(13)6-10(9)7-16-8-12(4-5-17)14-15-16/h2-3,6,8,17H,4-5,7H2,1H3. The molecule has 0 aliphatic heterocycles. The largest absolute Gasteiger partial charge is 0.396 e. The second-order valence-electron chi connectivity index (χ2n) is 3.95. The number of rotatable bonds is 4. The van der Waals surface area contributed by atoms with Gasteiger partial charge >= 0.3 is 0 Å². The topological polar surface area (TPSA) is 50.9 Å². The van der Waals surface area contributed by atoms with Gasteiger partial charge in [-0.05, 0) is 30.2 Å². The molecular weight excluding hydrogens is 221 g/mol. The van der Waals surface area contributed by atoms with Crippen LogP contribution < -0.4 is 0 Å². The molecule has 0 fully saturated rings. The van der Waals surface area contributed by atoms with Crippen molar-refractivity contribution in [3.63, 3.8) is 0 Å². The van der Waals surface area contributed by atoms with Gasteiger partial charge in [-0.3, -0.25) is 0 Å². The predicted molar refractivity (Wildman–Crippen MR) is 61.1 cm³/mol. The van der Waals surface area contributed by atoms with Gasteiger partial charge < -0.3 is 5.11 Å². The Kier molecular flexibility index (Phi) is 3.49. The lowest BCUT2D eigenvalue weighted by atomic mass is 10.1. The third-order valence-corrected chi connectivity index (χ3v) is 2.60. The number of nitrogens with zero attached hydrogens (tertiary/aromatic N) is 3. The van der Waals surface area contributed by atoms with Gasteiger partial charge in [-0.1, -0.05) is 11.3 Å². The van der Waals surface area contributed by atoms with Gasteiger partial charge in [0.2, 0.25) is 0 Å². The quantitative estimate of drug-likeness (QED) is 0.869. The van der Waals surface area contributed by atoms with Crippen molar-refractivity contribution >= 4 is 0 Å². The Morgan fingerprint density at radius 1 is 1.41 bits per heavy atom. The van der Waals surface area contributed by atoms with Crippen molar-refractivity contribution in [2.24, 2.45) is 0 Å². The van der Waals surface area contributed by atoms with Crippen LogP contribution in [0.25, 0.3) is 0 Å². The average molecular weight is 235 g/mol. The molecule has 0 saturated carbocycles. The first kappa shape index (κ1) is 11.7. The summed E-state index contributed by atoms with van der Waals surface area (Å²) in [7, 11) is 0. The predicted octanol–water partition coefficient (Wildman–Crippen LogP) is 1.31. The highest BCUT2D eigenvalue weighted by Gasteiger charge is 2.04. The lowest BCUT2D eigenvalue weighted by molar-refractivity contribution is 0.298. The van der Waals surface area contributed by atoms with E-state index in [1.54, 1.807) is 16.9 Å². The number of aryl methyl sites for hydroxylation is 1. The van der Waals surface area contributed by atoms with Crippen LogP contribution in [0.3, 0.4) is 0 Å². The molecule has 4 nitrogen and oxygen atoms in total. The summed E-state index contributed by atoms with van der Waals surface area (Å²) in [5, 5.41) is 16.6. The van der Waals surface area contributed by atoms with Crippen molar-refractivity contribution in [2.45, 2.75) is 19.9 Å². The summed E-state index contributed by atoms with van der Waals surface area (Å²) in [6.45, 7) is 2.47. The van der Waals surface area contributed by atoms with E-state index in [4.69, 9.17) is 5.11 Å². The maximum absolute atomic E-state index is 13.1. The van der Waals surface area contributed by atoms with Gasteiger partial charge in [-0.25, -0.2) is 9.07 Å². The summed E-state index contributed by atoms with van der Waals surface area (Å²) in [5.74, 6) is -0.249. The molecule has 0 spiro atoms. The molecule has 0 unspecified atom stereocenters. The number of aliphatic hydroxyl groups excluding tert-OH is 1. The first-order valence-electron chi connectivity index (χ1n) is 5.44. The fourth-order valence-corrected chi connectivity index (χ4v) is 1.63. The fraction of sp³-hybridized carbons (Fsp3) is 0.333. The molecule has 1 N–H and O–H groups in total. The molecule has 0 saturated heterocycles. The fourth-order valence-electron chi connectivity index (χ4n) is 1.63. The molecule has 90 valence electrons. The minimum absolute atomic E-state index is 0.0533. The third kappa shape index (κ3) is 2.88. The van der Waals surface area contributed by atoms with Crippen LogP contribution in [0.4, 0.5) is 4.39 Å². The average Bonchev–Trinajstić information content (AvgIpc) is 2.72. The van der Waals surface area contributed by atoms with E-state index in [0.29, 0.717) is 13.0 Å². The summed E-state index contributed by atoms with van der Waals surface area (Å²) in [5.41, 5.74) is 2.64. The van der Waals surface area contributed by atoms with Crippen LogP contribution in [-0.2, 0) is 13.0 Å². The van der Waals surface area contributed by atoms with Crippen LogP contribution in [0.5, 0.6) is 0 Å². The van der Waals surface area contributed by atoms with Gasteiger partial charge in [0.25, 0.3) is 0 Å². The van der Waals surface area contributed by atoms with Gasteiger partial charge in [0.15, 0.2) is 0 Å². The van der Waals surface area contributed by atoms with Gasteiger partial charge in [-0.15, -0.1) is 5.10 Å². The molecule has 0 atom stereocenters. The van der Waals surface area contributed by atoms with Crippen molar-refractivity contribution in [3.05, 3.63) is 47.0 Å². The van der Waals surface area contributed by atoms with Crippen LogP contribution in [0.2, 0.25) is 0 Å². The number of hydrogen-bond donors (Lipinski definition) is 1.